The molecule has 6 heteroatoms. The summed E-state index contributed by atoms with van der Waals surface area (Å²) in [6, 6.07) is 23.6. The van der Waals surface area contributed by atoms with E-state index >= 15 is 0 Å². The zero-order chi connectivity index (χ0) is 20.5. The largest absolute Gasteiger partial charge is 0.380 e. The second-order valence-electron chi connectivity index (χ2n) is 6.97. The summed E-state index contributed by atoms with van der Waals surface area (Å²) in [6.45, 7) is 0.521. The molecule has 0 radical (unpaired) electrons. The lowest BCUT2D eigenvalue weighted by atomic mass is 9.97. The lowest BCUT2D eigenvalue weighted by Gasteiger charge is -2.11. The number of benzene rings is 3. The van der Waals surface area contributed by atoms with Gasteiger partial charge in [0.25, 0.3) is 0 Å². The molecule has 5 aromatic rings. The predicted octanol–water partition coefficient (Wildman–Crippen LogP) is 6.07. The fourth-order valence-electron chi connectivity index (χ4n) is 3.46. The van der Waals surface area contributed by atoms with E-state index in [4.69, 9.17) is 14.7 Å². The number of aromatic nitrogens is 2. The van der Waals surface area contributed by atoms with Crippen LogP contribution in [-0.2, 0) is 11.3 Å². The summed E-state index contributed by atoms with van der Waals surface area (Å²) in [5.41, 5.74) is 3.50. The maximum Gasteiger partial charge on any atom is 0.179 e. The first-order valence-corrected chi connectivity index (χ1v) is 11.2. The van der Waals surface area contributed by atoms with Gasteiger partial charge < -0.3 is 4.74 Å². The van der Waals surface area contributed by atoms with Crippen LogP contribution in [0.25, 0.3) is 20.4 Å². The molecule has 2 aromatic heterocycles. The highest BCUT2D eigenvalue weighted by atomic mass is 32.1. The molecule has 30 heavy (non-hydrogen) atoms. The van der Waals surface area contributed by atoms with Crippen molar-refractivity contribution in [2.75, 3.05) is 7.11 Å². The first-order valence-electron chi connectivity index (χ1n) is 9.56. The van der Waals surface area contributed by atoms with Crippen LogP contribution in [0.15, 0.2) is 72.8 Å². The lowest BCUT2D eigenvalue weighted by Crippen LogP contribution is -2.14. The standard InChI is InChI=1S/C24H18N2O2S2/c1-28-14-15-10-12-16(13-11-15)22(27)21(23-25-17-6-2-4-8-19(17)29-23)24-26-18-7-3-5-9-20(18)30-24/h2-13,21H,14H2,1H3. The van der Waals surface area contributed by atoms with Crippen molar-refractivity contribution in [2.24, 2.45) is 0 Å². The van der Waals surface area contributed by atoms with Gasteiger partial charge in [-0.2, -0.15) is 0 Å². The van der Waals surface area contributed by atoms with Crippen molar-refractivity contribution in [2.45, 2.75) is 12.5 Å². The second kappa shape index (κ2) is 8.07. The molecule has 0 saturated carbocycles. The maximum absolute atomic E-state index is 13.7. The Labute approximate surface area is 181 Å². The number of carbonyl (C=O) groups excluding carboxylic acids is 1. The summed E-state index contributed by atoms with van der Waals surface area (Å²) in [7, 11) is 1.66. The Morgan fingerprint density at radius 2 is 1.37 bits per heavy atom. The van der Waals surface area contributed by atoms with E-state index in [1.165, 1.54) is 0 Å². The van der Waals surface area contributed by atoms with Crippen LogP contribution in [0.1, 0.15) is 31.9 Å². The van der Waals surface area contributed by atoms with Crippen LogP contribution < -0.4 is 0 Å². The highest BCUT2D eigenvalue weighted by molar-refractivity contribution is 7.20. The molecule has 3 aromatic carbocycles. The Kier molecular flexibility index (Phi) is 5.12. The number of para-hydroxylation sites is 2. The van der Waals surface area contributed by atoms with Gasteiger partial charge in [0, 0.05) is 12.7 Å². The molecule has 5 rings (SSSR count). The quantitative estimate of drug-likeness (QED) is 0.307. The van der Waals surface area contributed by atoms with Gasteiger partial charge in [-0.25, -0.2) is 9.97 Å². The van der Waals surface area contributed by atoms with Crippen LogP contribution in [0.4, 0.5) is 0 Å². The second-order valence-corrected chi connectivity index (χ2v) is 9.09. The number of hydrogen-bond acceptors (Lipinski definition) is 6. The van der Waals surface area contributed by atoms with Crippen molar-refractivity contribution in [3.05, 3.63) is 93.9 Å². The Morgan fingerprint density at radius 3 is 1.87 bits per heavy atom. The molecule has 0 aliphatic carbocycles. The van der Waals surface area contributed by atoms with Crippen molar-refractivity contribution in [3.63, 3.8) is 0 Å². The molecule has 0 bridgehead atoms. The molecule has 148 valence electrons. The van der Waals surface area contributed by atoms with Gasteiger partial charge >= 0.3 is 0 Å². The summed E-state index contributed by atoms with van der Waals surface area (Å²) in [5.74, 6) is -0.509. The summed E-state index contributed by atoms with van der Waals surface area (Å²) in [4.78, 5) is 23.3. The van der Waals surface area contributed by atoms with E-state index in [2.05, 4.69) is 0 Å². The van der Waals surface area contributed by atoms with E-state index in [1.54, 1.807) is 29.8 Å². The minimum atomic E-state index is -0.520. The van der Waals surface area contributed by atoms with Gasteiger partial charge in [-0.05, 0) is 29.8 Å². The Morgan fingerprint density at radius 1 is 0.833 bits per heavy atom. The third-order valence-electron chi connectivity index (χ3n) is 4.93. The summed E-state index contributed by atoms with van der Waals surface area (Å²) < 4.78 is 7.32. The molecular weight excluding hydrogens is 412 g/mol. The average molecular weight is 431 g/mol. The van der Waals surface area contributed by atoms with Crippen LogP contribution in [0.2, 0.25) is 0 Å². The molecule has 0 fully saturated rings. The number of rotatable bonds is 6. The SMILES string of the molecule is COCc1ccc(C(=O)C(c2nc3ccccc3s2)c2nc3ccccc3s2)cc1. The van der Waals surface area contributed by atoms with Crippen LogP contribution in [0.3, 0.4) is 0 Å². The average Bonchev–Trinajstić information content (AvgIpc) is 3.38. The predicted molar refractivity (Wildman–Crippen MR) is 123 cm³/mol. The molecule has 4 nitrogen and oxygen atoms in total. The Hall–Kier alpha value is -2.93. The molecular formula is C24H18N2O2S2. The minimum Gasteiger partial charge on any atom is -0.380 e. The smallest absolute Gasteiger partial charge is 0.179 e. The lowest BCUT2D eigenvalue weighted by molar-refractivity contribution is 0.0973. The van der Waals surface area contributed by atoms with E-state index in [0.29, 0.717) is 12.2 Å². The molecule has 0 saturated heterocycles. The summed E-state index contributed by atoms with van der Waals surface area (Å²) in [5, 5.41) is 1.56. The Balaban J connectivity index is 1.62. The van der Waals surface area contributed by atoms with Crippen molar-refractivity contribution < 1.29 is 9.53 Å². The van der Waals surface area contributed by atoms with Crippen LogP contribution in [0.5, 0.6) is 0 Å². The van der Waals surface area contributed by atoms with E-state index in [0.717, 1.165) is 36.0 Å². The number of nitrogens with zero attached hydrogens (tertiary/aromatic N) is 2. The number of hydrogen-bond donors (Lipinski definition) is 0. The zero-order valence-electron chi connectivity index (χ0n) is 16.2. The van der Waals surface area contributed by atoms with Crippen LogP contribution in [-0.4, -0.2) is 22.9 Å². The van der Waals surface area contributed by atoms with Gasteiger partial charge in [0.1, 0.15) is 15.9 Å². The van der Waals surface area contributed by atoms with Gasteiger partial charge in [-0.15, -0.1) is 22.7 Å². The van der Waals surface area contributed by atoms with E-state index < -0.39 is 5.92 Å². The normalized spacial score (nSPS) is 11.5. The van der Waals surface area contributed by atoms with Gasteiger partial charge in [0.15, 0.2) is 5.78 Å². The van der Waals surface area contributed by atoms with Crippen LogP contribution >= 0.6 is 22.7 Å². The molecule has 2 heterocycles. The van der Waals surface area contributed by atoms with Crippen molar-refractivity contribution >= 4 is 48.9 Å². The number of fused-ring (bicyclic) bond motifs is 2. The molecule has 0 unspecified atom stereocenters. The van der Waals surface area contributed by atoms with Gasteiger partial charge in [-0.3, -0.25) is 4.79 Å². The first-order chi connectivity index (χ1) is 14.7. The molecule has 0 spiro atoms. The fraction of sp³-hybridized carbons (Fsp3) is 0.125. The Bertz CT molecular complexity index is 1200. The number of ketones is 1. The summed E-state index contributed by atoms with van der Waals surface area (Å²) >= 11 is 3.12. The van der Waals surface area contributed by atoms with Crippen molar-refractivity contribution in [1.82, 2.24) is 9.97 Å². The van der Waals surface area contributed by atoms with Crippen LogP contribution in [0, 0.1) is 0 Å². The van der Waals surface area contributed by atoms with Gasteiger partial charge in [0.05, 0.1) is 27.0 Å². The molecule has 0 amide bonds. The maximum atomic E-state index is 13.7. The van der Waals surface area contributed by atoms with Crippen molar-refractivity contribution in [1.29, 1.82) is 0 Å². The number of Topliss-reactive ketones (excluding diaryl/α,β-unsaturated/α-hetero) is 1. The fourth-order valence-corrected chi connectivity index (χ4v) is 5.67. The third-order valence-corrected chi connectivity index (χ3v) is 7.13. The number of carbonyl (C=O) groups is 1. The molecule has 0 atom stereocenters. The number of methoxy groups -OCH3 is 1. The van der Waals surface area contributed by atoms with E-state index in [1.807, 2.05) is 72.8 Å². The number of ether oxygens (including phenoxy) is 1. The highest BCUT2D eigenvalue weighted by Crippen LogP contribution is 2.37. The van der Waals surface area contributed by atoms with Crippen molar-refractivity contribution in [3.8, 4) is 0 Å². The highest BCUT2D eigenvalue weighted by Gasteiger charge is 2.30. The first kappa shape index (κ1) is 19.1. The van der Waals surface area contributed by atoms with E-state index in [-0.39, 0.29) is 5.78 Å². The molecule has 0 N–H and O–H groups in total. The van der Waals surface area contributed by atoms with Gasteiger partial charge in [0.2, 0.25) is 0 Å². The summed E-state index contributed by atoms with van der Waals surface area (Å²) in [6.07, 6.45) is 0. The monoisotopic (exact) mass is 430 g/mol. The molecule has 0 aliphatic rings. The third kappa shape index (κ3) is 3.54. The van der Waals surface area contributed by atoms with Gasteiger partial charge in [-0.1, -0.05) is 48.5 Å². The zero-order valence-corrected chi connectivity index (χ0v) is 17.9. The topological polar surface area (TPSA) is 52.1 Å². The van der Waals surface area contributed by atoms with E-state index in [9.17, 15) is 4.79 Å². The minimum absolute atomic E-state index is 0.0112. The molecule has 0 aliphatic heterocycles. The number of thiazole rings is 2.